The van der Waals surface area contributed by atoms with Crippen LogP contribution in [0.15, 0.2) is 36.4 Å². The summed E-state index contributed by atoms with van der Waals surface area (Å²) in [6.07, 6.45) is 0. The number of methoxy groups -OCH3 is 1. The van der Waals surface area contributed by atoms with E-state index in [2.05, 4.69) is 60.9 Å². The molecule has 1 saturated heterocycles. The van der Waals surface area contributed by atoms with Crippen LogP contribution in [0, 0.1) is 24.7 Å². The van der Waals surface area contributed by atoms with Gasteiger partial charge in [-0.1, -0.05) is 45.9 Å². The minimum Gasteiger partial charge on any atom is -0.496 e. The third-order valence-corrected chi connectivity index (χ3v) is 7.06. The van der Waals surface area contributed by atoms with E-state index in [0.29, 0.717) is 17.8 Å². The first-order chi connectivity index (χ1) is 14.8. The number of likely N-dealkylation sites (tertiary alicyclic amines) is 1. The molecular weight excluding hydrogens is 404 g/mol. The monoisotopic (exact) mass is 442 g/mol. The first-order valence-electron chi connectivity index (χ1n) is 11.5. The number of aryl methyl sites for hydroxylation is 1. The summed E-state index contributed by atoms with van der Waals surface area (Å²) >= 11 is 1.88. The summed E-state index contributed by atoms with van der Waals surface area (Å²) in [5.74, 6) is 2.44. The normalized spacial score (nSPS) is 19.4. The highest BCUT2D eigenvalue weighted by atomic mass is 32.1. The van der Waals surface area contributed by atoms with Crippen molar-refractivity contribution in [2.45, 2.75) is 47.1 Å². The van der Waals surface area contributed by atoms with Crippen molar-refractivity contribution in [2.24, 2.45) is 17.8 Å². The average molecular weight is 443 g/mol. The van der Waals surface area contributed by atoms with E-state index in [1.54, 1.807) is 7.11 Å². The molecule has 0 spiro atoms. The topological polar surface area (TPSA) is 32.8 Å². The molecule has 31 heavy (non-hydrogen) atoms. The number of carbonyl (C=O) groups is 1. The molecule has 0 radical (unpaired) electrons. The van der Waals surface area contributed by atoms with Gasteiger partial charge < -0.3 is 9.64 Å². The van der Waals surface area contributed by atoms with Gasteiger partial charge in [-0.25, -0.2) is 0 Å². The molecule has 1 aromatic carbocycles. The molecule has 3 rings (SSSR count). The van der Waals surface area contributed by atoms with Crippen LogP contribution in [0.25, 0.3) is 0 Å². The Labute approximate surface area is 192 Å². The first-order valence-corrected chi connectivity index (χ1v) is 12.3. The van der Waals surface area contributed by atoms with Crippen LogP contribution in [0.4, 0.5) is 0 Å². The molecule has 1 fully saturated rings. The fourth-order valence-corrected chi connectivity index (χ4v) is 5.67. The van der Waals surface area contributed by atoms with Crippen molar-refractivity contribution in [3.63, 3.8) is 0 Å². The molecular formula is C26H38N2O2S. The maximum atomic E-state index is 13.0. The van der Waals surface area contributed by atoms with Gasteiger partial charge in [-0.15, -0.1) is 11.3 Å². The molecule has 4 nitrogen and oxygen atoms in total. The molecule has 0 saturated carbocycles. The Hall–Kier alpha value is -1.85. The highest BCUT2D eigenvalue weighted by Crippen LogP contribution is 2.39. The summed E-state index contributed by atoms with van der Waals surface area (Å²) in [6, 6.07) is 12.8. The summed E-state index contributed by atoms with van der Waals surface area (Å²) in [7, 11) is 1.75. The maximum Gasteiger partial charge on any atom is 0.225 e. The van der Waals surface area contributed by atoms with Crippen molar-refractivity contribution in [1.29, 1.82) is 0 Å². The van der Waals surface area contributed by atoms with E-state index >= 15 is 0 Å². The minimum atomic E-state index is 0.0232. The fourth-order valence-electron chi connectivity index (χ4n) is 4.73. The van der Waals surface area contributed by atoms with Gasteiger partial charge in [0, 0.05) is 54.3 Å². The smallest absolute Gasteiger partial charge is 0.225 e. The number of amides is 1. The van der Waals surface area contributed by atoms with Crippen LogP contribution in [0.2, 0.25) is 0 Å². The van der Waals surface area contributed by atoms with Crippen LogP contribution in [-0.4, -0.2) is 49.0 Å². The van der Waals surface area contributed by atoms with E-state index in [1.807, 2.05) is 31.3 Å². The molecule has 1 aromatic heterocycles. The molecule has 170 valence electrons. The summed E-state index contributed by atoms with van der Waals surface area (Å²) < 4.78 is 5.72. The van der Waals surface area contributed by atoms with E-state index in [4.69, 9.17) is 4.74 Å². The molecule has 1 amide bonds. The lowest BCUT2D eigenvalue weighted by Crippen LogP contribution is -2.41. The zero-order valence-electron chi connectivity index (χ0n) is 19.9. The lowest BCUT2D eigenvalue weighted by atomic mass is 9.87. The molecule has 2 atom stereocenters. The van der Waals surface area contributed by atoms with Gasteiger partial charge in [0.1, 0.15) is 5.75 Å². The van der Waals surface area contributed by atoms with Crippen molar-refractivity contribution in [3.8, 4) is 5.75 Å². The van der Waals surface area contributed by atoms with Crippen molar-refractivity contribution in [2.75, 3.05) is 33.3 Å². The second-order valence-electron chi connectivity index (χ2n) is 9.61. The minimum absolute atomic E-state index is 0.0232. The molecule has 2 unspecified atom stereocenters. The fraction of sp³-hybridized carbons (Fsp3) is 0.577. The zero-order chi connectivity index (χ0) is 22.5. The quantitative estimate of drug-likeness (QED) is 0.520. The number of ether oxygens (including phenoxy) is 1. The largest absolute Gasteiger partial charge is 0.496 e. The number of hydrogen-bond acceptors (Lipinski definition) is 4. The summed E-state index contributed by atoms with van der Waals surface area (Å²) in [5.41, 5.74) is 1.27. The van der Waals surface area contributed by atoms with Gasteiger partial charge in [0.15, 0.2) is 0 Å². The first kappa shape index (κ1) is 23.8. The lowest BCUT2D eigenvalue weighted by Gasteiger charge is -2.31. The number of carbonyl (C=O) groups excluding carboxylic acids is 1. The molecule has 0 N–H and O–H groups in total. The predicted molar refractivity (Wildman–Crippen MR) is 130 cm³/mol. The summed E-state index contributed by atoms with van der Waals surface area (Å²) in [6.45, 7) is 15.2. The lowest BCUT2D eigenvalue weighted by molar-refractivity contribution is -0.135. The third-order valence-electron chi connectivity index (χ3n) is 6.08. The van der Waals surface area contributed by atoms with Crippen LogP contribution >= 0.6 is 11.3 Å². The standard InChI is InChI=1S/C26H38N2O2S/c1-18(2)13-28(26(29)19(3)4)15-21-14-27(16-22-12-11-20(5)31-22)17-24(21)23-9-7-8-10-25(23)30-6/h7-12,18-19,21,24H,13-17H2,1-6H3. The third kappa shape index (κ3) is 6.11. The van der Waals surface area contributed by atoms with Gasteiger partial charge >= 0.3 is 0 Å². The van der Waals surface area contributed by atoms with Crippen molar-refractivity contribution in [1.82, 2.24) is 9.80 Å². The van der Waals surface area contributed by atoms with E-state index in [0.717, 1.165) is 38.5 Å². The SMILES string of the molecule is COc1ccccc1C1CN(Cc2ccc(C)s2)CC1CN(CC(C)C)C(=O)C(C)C. The molecule has 2 aromatic rings. The van der Waals surface area contributed by atoms with Crippen molar-refractivity contribution in [3.05, 3.63) is 51.7 Å². The molecule has 1 aliphatic rings. The van der Waals surface area contributed by atoms with E-state index in [-0.39, 0.29) is 11.8 Å². The highest BCUT2D eigenvalue weighted by molar-refractivity contribution is 7.11. The Morgan fingerprint density at radius 2 is 1.90 bits per heavy atom. The Morgan fingerprint density at radius 3 is 2.52 bits per heavy atom. The van der Waals surface area contributed by atoms with Crippen LogP contribution < -0.4 is 4.74 Å². The van der Waals surface area contributed by atoms with Gasteiger partial charge in [-0.3, -0.25) is 9.69 Å². The molecule has 0 bridgehead atoms. The number of nitrogens with zero attached hydrogens (tertiary/aromatic N) is 2. The Kier molecular flexibility index (Phi) is 8.17. The maximum absolute atomic E-state index is 13.0. The number of benzene rings is 1. The van der Waals surface area contributed by atoms with Crippen molar-refractivity contribution < 1.29 is 9.53 Å². The van der Waals surface area contributed by atoms with Crippen LogP contribution in [0.5, 0.6) is 5.75 Å². The summed E-state index contributed by atoms with van der Waals surface area (Å²) in [5, 5.41) is 0. The average Bonchev–Trinajstić information content (AvgIpc) is 3.32. The van der Waals surface area contributed by atoms with E-state index in [1.165, 1.54) is 15.3 Å². The second-order valence-corrected chi connectivity index (χ2v) is 11.0. The summed E-state index contributed by atoms with van der Waals surface area (Å²) in [4.78, 5) is 20.4. The number of thiophene rings is 1. The molecule has 5 heteroatoms. The Bertz CT molecular complexity index is 861. The zero-order valence-corrected chi connectivity index (χ0v) is 20.7. The Morgan fingerprint density at radius 1 is 1.16 bits per heavy atom. The van der Waals surface area contributed by atoms with Gasteiger partial charge in [0.2, 0.25) is 5.91 Å². The van der Waals surface area contributed by atoms with Crippen LogP contribution in [0.1, 0.15) is 48.9 Å². The molecule has 0 aliphatic carbocycles. The van der Waals surface area contributed by atoms with Gasteiger partial charge in [0.05, 0.1) is 7.11 Å². The van der Waals surface area contributed by atoms with Crippen LogP contribution in [0.3, 0.4) is 0 Å². The van der Waals surface area contributed by atoms with E-state index in [9.17, 15) is 4.79 Å². The predicted octanol–water partition coefficient (Wildman–Crippen LogP) is 5.42. The van der Waals surface area contributed by atoms with Crippen LogP contribution in [-0.2, 0) is 11.3 Å². The number of para-hydroxylation sites is 1. The van der Waals surface area contributed by atoms with Gasteiger partial charge in [0.25, 0.3) is 0 Å². The number of rotatable bonds is 9. The highest BCUT2D eigenvalue weighted by Gasteiger charge is 2.37. The van der Waals surface area contributed by atoms with Crippen molar-refractivity contribution >= 4 is 17.2 Å². The van der Waals surface area contributed by atoms with Gasteiger partial charge in [-0.2, -0.15) is 0 Å². The molecule has 2 heterocycles. The second kappa shape index (κ2) is 10.6. The molecule has 1 aliphatic heterocycles. The van der Waals surface area contributed by atoms with Gasteiger partial charge in [-0.05, 0) is 42.5 Å². The Balaban J connectivity index is 1.86. The number of hydrogen-bond donors (Lipinski definition) is 0. The van der Waals surface area contributed by atoms with E-state index < -0.39 is 0 Å².